The third kappa shape index (κ3) is 4.10. The van der Waals surface area contributed by atoms with Crippen LogP contribution >= 0.6 is 11.3 Å². The van der Waals surface area contributed by atoms with Gasteiger partial charge >= 0.3 is 6.18 Å². The number of nitrogens with one attached hydrogen (secondary N) is 1. The van der Waals surface area contributed by atoms with E-state index in [1.54, 1.807) is 17.0 Å². The summed E-state index contributed by atoms with van der Waals surface area (Å²) in [6.45, 7) is 5.39. The van der Waals surface area contributed by atoms with Crippen LogP contribution in [0.5, 0.6) is 0 Å². The number of thiophene rings is 1. The van der Waals surface area contributed by atoms with Crippen molar-refractivity contribution in [3.63, 3.8) is 0 Å². The summed E-state index contributed by atoms with van der Waals surface area (Å²) < 4.78 is 38.7. The zero-order valence-corrected chi connectivity index (χ0v) is 14.8. The molecule has 1 aliphatic rings. The molecule has 0 radical (unpaired) electrons. The summed E-state index contributed by atoms with van der Waals surface area (Å²) in [5, 5.41) is 0.979. The van der Waals surface area contributed by atoms with Gasteiger partial charge < -0.3 is 9.91 Å². The third-order valence-corrected chi connectivity index (χ3v) is 4.88. The number of hydrogen-bond acceptors (Lipinski definition) is 4. The van der Waals surface area contributed by atoms with E-state index in [2.05, 4.69) is 5.43 Å². The second-order valence-electron chi connectivity index (χ2n) is 5.71. The molecular formula is C16H22F3N3OS. The van der Waals surface area contributed by atoms with Crippen LogP contribution in [-0.4, -0.2) is 42.1 Å². The molecule has 8 heteroatoms. The van der Waals surface area contributed by atoms with Gasteiger partial charge in [0.05, 0.1) is 10.9 Å². The lowest BCUT2D eigenvalue weighted by atomic mass is 10.2. The van der Waals surface area contributed by atoms with Gasteiger partial charge in [-0.1, -0.05) is 13.8 Å². The number of alkyl halides is 3. The van der Waals surface area contributed by atoms with Crippen molar-refractivity contribution < 1.29 is 18.0 Å². The van der Waals surface area contributed by atoms with Crippen LogP contribution in [0.25, 0.3) is 0 Å². The summed E-state index contributed by atoms with van der Waals surface area (Å²) in [7, 11) is 1.34. The van der Waals surface area contributed by atoms with Gasteiger partial charge in [-0.25, -0.2) is 5.43 Å². The van der Waals surface area contributed by atoms with Crippen molar-refractivity contribution in [1.82, 2.24) is 15.3 Å². The fourth-order valence-corrected chi connectivity index (χ4v) is 3.65. The lowest BCUT2D eigenvalue weighted by Gasteiger charge is -2.20. The molecule has 1 aliphatic heterocycles. The maximum Gasteiger partial charge on any atom is 0.432 e. The Hall–Kier alpha value is -1.54. The molecule has 1 aromatic rings. The summed E-state index contributed by atoms with van der Waals surface area (Å²) in [5.74, 6) is -0.0543. The van der Waals surface area contributed by atoms with Crippen LogP contribution in [0.3, 0.4) is 0 Å². The molecule has 1 aromatic heterocycles. The highest BCUT2D eigenvalue weighted by Crippen LogP contribution is 2.36. The Morgan fingerprint density at radius 2 is 1.92 bits per heavy atom. The molecule has 0 aromatic carbocycles. The van der Waals surface area contributed by atoms with Gasteiger partial charge in [0, 0.05) is 25.0 Å². The molecule has 0 saturated carbocycles. The molecule has 0 fully saturated rings. The lowest BCUT2D eigenvalue weighted by molar-refractivity contribution is -0.110. The van der Waals surface area contributed by atoms with Gasteiger partial charge in [0.25, 0.3) is 5.91 Å². The average molecular weight is 361 g/mol. The second-order valence-corrected chi connectivity index (χ2v) is 6.83. The van der Waals surface area contributed by atoms with Gasteiger partial charge in [0.1, 0.15) is 5.70 Å². The Labute approximate surface area is 143 Å². The van der Waals surface area contributed by atoms with Gasteiger partial charge in [-0.15, -0.1) is 11.3 Å². The number of hydrazine groups is 1. The Bertz CT molecular complexity index is 606. The van der Waals surface area contributed by atoms with Crippen molar-refractivity contribution in [3.8, 4) is 0 Å². The van der Waals surface area contributed by atoms with E-state index in [9.17, 15) is 18.0 Å². The van der Waals surface area contributed by atoms with Crippen LogP contribution in [0, 0.1) is 0 Å². The summed E-state index contributed by atoms with van der Waals surface area (Å²) >= 11 is 1.24. The van der Waals surface area contributed by atoms with Crippen LogP contribution in [-0.2, 0) is 0 Å². The molecule has 0 saturated heterocycles. The standard InChI is InChI=1S/C16H22F3N3OS/c1-4-8-22(9-5-2)15(23)13-7-6-12(24-13)11-10-14(16(17,18)19)21(3)20-11/h6-7,10-11,20H,4-5,8-9H2,1-3H3. The monoisotopic (exact) mass is 361 g/mol. The van der Waals surface area contributed by atoms with Crippen LogP contribution in [0.1, 0.15) is 47.3 Å². The van der Waals surface area contributed by atoms with Crippen molar-refractivity contribution in [3.05, 3.63) is 33.7 Å². The first-order valence-electron chi connectivity index (χ1n) is 7.95. The van der Waals surface area contributed by atoms with E-state index in [1.807, 2.05) is 13.8 Å². The first-order valence-corrected chi connectivity index (χ1v) is 8.77. The predicted molar refractivity (Wildman–Crippen MR) is 88.6 cm³/mol. The number of amides is 1. The molecule has 1 unspecified atom stereocenters. The molecule has 2 heterocycles. The fraction of sp³-hybridized carbons (Fsp3) is 0.562. The maximum atomic E-state index is 12.9. The highest BCUT2D eigenvalue weighted by Gasteiger charge is 2.41. The van der Waals surface area contributed by atoms with Crippen molar-refractivity contribution in [2.75, 3.05) is 20.1 Å². The zero-order chi connectivity index (χ0) is 17.9. The Kier molecular flexibility index (Phi) is 5.92. The van der Waals surface area contributed by atoms with Gasteiger partial charge in [-0.3, -0.25) is 4.79 Å². The van der Waals surface area contributed by atoms with Crippen LogP contribution in [0.2, 0.25) is 0 Å². The van der Waals surface area contributed by atoms with E-state index in [4.69, 9.17) is 0 Å². The molecule has 0 aliphatic carbocycles. The average Bonchev–Trinajstić information content (AvgIpc) is 3.12. The lowest BCUT2D eigenvalue weighted by Crippen LogP contribution is -2.34. The second kappa shape index (κ2) is 7.57. The maximum absolute atomic E-state index is 12.9. The molecule has 2 rings (SSSR count). The summed E-state index contributed by atoms with van der Waals surface area (Å²) in [5.41, 5.74) is 2.05. The van der Waals surface area contributed by atoms with E-state index in [-0.39, 0.29) is 5.91 Å². The van der Waals surface area contributed by atoms with Crippen LogP contribution in [0.15, 0.2) is 23.9 Å². The predicted octanol–water partition coefficient (Wildman–Crippen LogP) is 3.95. The molecule has 4 nitrogen and oxygen atoms in total. The molecule has 1 atom stereocenters. The number of carbonyl (C=O) groups is 1. The number of nitrogens with zero attached hydrogens (tertiary/aromatic N) is 2. The molecule has 24 heavy (non-hydrogen) atoms. The number of allylic oxidation sites excluding steroid dienone is 1. The molecular weight excluding hydrogens is 339 g/mol. The van der Waals surface area contributed by atoms with E-state index >= 15 is 0 Å². The first kappa shape index (κ1) is 18.8. The minimum atomic E-state index is -4.40. The fourth-order valence-electron chi connectivity index (χ4n) is 2.66. The number of hydrogen-bond donors (Lipinski definition) is 1. The highest BCUT2D eigenvalue weighted by molar-refractivity contribution is 7.14. The molecule has 1 N–H and O–H groups in total. The van der Waals surface area contributed by atoms with E-state index in [0.717, 1.165) is 23.9 Å². The minimum absolute atomic E-state index is 0.0543. The summed E-state index contributed by atoms with van der Waals surface area (Å²) in [6, 6.07) is 2.85. The molecule has 0 bridgehead atoms. The van der Waals surface area contributed by atoms with Crippen molar-refractivity contribution in [2.24, 2.45) is 0 Å². The SMILES string of the molecule is CCCN(CCC)C(=O)c1ccc(C2C=C(C(F)(F)F)N(C)N2)s1. The summed E-state index contributed by atoms with van der Waals surface area (Å²) in [4.78, 5) is 15.6. The van der Waals surface area contributed by atoms with Crippen molar-refractivity contribution in [1.29, 1.82) is 0 Å². The van der Waals surface area contributed by atoms with Gasteiger partial charge in [-0.05, 0) is 31.1 Å². The van der Waals surface area contributed by atoms with Crippen molar-refractivity contribution >= 4 is 17.2 Å². The van der Waals surface area contributed by atoms with Crippen LogP contribution < -0.4 is 5.43 Å². The Balaban J connectivity index is 2.16. The summed E-state index contributed by atoms with van der Waals surface area (Å²) in [6.07, 6.45) is -1.51. The van der Waals surface area contributed by atoms with Gasteiger partial charge in [-0.2, -0.15) is 13.2 Å². The van der Waals surface area contributed by atoms with E-state index in [0.29, 0.717) is 22.8 Å². The van der Waals surface area contributed by atoms with Gasteiger partial charge in [0.15, 0.2) is 0 Å². The smallest absolute Gasteiger partial charge is 0.338 e. The Morgan fingerprint density at radius 3 is 2.42 bits per heavy atom. The number of halogens is 3. The van der Waals surface area contributed by atoms with Crippen molar-refractivity contribution in [2.45, 2.75) is 38.9 Å². The topological polar surface area (TPSA) is 35.6 Å². The molecule has 0 spiro atoms. The largest absolute Gasteiger partial charge is 0.432 e. The van der Waals surface area contributed by atoms with E-state index in [1.165, 1.54) is 18.4 Å². The zero-order valence-electron chi connectivity index (χ0n) is 14.0. The number of rotatable bonds is 6. The Morgan fingerprint density at radius 1 is 1.29 bits per heavy atom. The first-order chi connectivity index (χ1) is 11.3. The minimum Gasteiger partial charge on any atom is -0.338 e. The third-order valence-electron chi connectivity index (χ3n) is 3.73. The quantitative estimate of drug-likeness (QED) is 0.833. The van der Waals surface area contributed by atoms with E-state index < -0.39 is 17.9 Å². The molecule has 1 amide bonds. The van der Waals surface area contributed by atoms with Crippen LogP contribution in [0.4, 0.5) is 13.2 Å². The molecule has 134 valence electrons. The van der Waals surface area contributed by atoms with Gasteiger partial charge in [0.2, 0.25) is 0 Å². The number of carbonyl (C=O) groups excluding carboxylic acids is 1. The highest BCUT2D eigenvalue weighted by atomic mass is 32.1. The normalized spacial score (nSPS) is 18.0.